The topological polar surface area (TPSA) is 43.0 Å². The van der Waals surface area contributed by atoms with Crippen LogP contribution in [0.3, 0.4) is 0 Å². The van der Waals surface area contributed by atoms with Crippen molar-refractivity contribution in [2.45, 2.75) is 46.2 Å². The smallest absolute Gasteiger partial charge is 0.138 e. The second-order valence-corrected chi connectivity index (χ2v) is 5.05. The van der Waals surface area contributed by atoms with Gasteiger partial charge in [0.15, 0.2) is 0 Å². The highest BCUT2D eigenvalue weighted by Gasteiger charge is 2.12. The lowest BCUT2D eigenvalue weighted by atomic mass is 10.1. The van der Waals surface area contributed by atoms with Crippen LogP contribution in [-0.4, -0.2) is 16.8 Å². The molecule has 0 aliphatic heterocycles. The lowest BCUT2D eigenvalue weighted by Gasteiger charge is -2.13. The van der Waals surface area contributed by atoms with E-state index in [1.807, 2.05) is 20.9 Å². The monoisotopic (exact) mass is 261 g/mol. The molecule has 1 atom stereocenters. The minimum absolute atomic E-state index is 0.441. The Balaban J connectivity index is 2.13. The Morgan fingerprint density at radius 1 is 1.42 bits per heavy atom. The molecule has 0 bridgehead atoms. The SMILES string of the molecule is CCCC(NC)c1ccn(Cc2c(C)noc2C)c1. The zero-order chi connectivity index (χ0) is 13.8. The third kappa shape index (κ3) is 3.07. The number of hydrogen-bond donors (Lipinski definition) is 1. The normalized spacial score (nSPS) is 12.8. The fraction of sp³-hybridized carbons (Fsp3) is 0.533. The minimum Gasteiger partial charge on any atom is -0.361 e. The number of aromatic nitrogens is 2. The van der Waals surface area contributed by atoms with E-state index in [2.05, 4.69) is 40.4 Å². The highest BCUT2D eigenvalue weighted by atomic mass is 16.5. The third-order valence-electron chi connectivity index (χ3n) is 3.62. The van der Waals surface area contributed by atoms with Gasteiger partial charge in [0.1, 0.15) is 5.76 Å². The van der Waals surface area contributed by atoms with Crippen molar-refractivity contribution in [3.05, 3.63) is 41.0 Å². The van der Waals surface area contributed by atoms with E-state index in [0.29, 0.717) is 6.04 Å². The number of aryl methyl sites for hydroxylation is 2. The summed E-state index contributed by atoms with van der Waals surface area (Å²) in [7, 11) is 2.02. The Bertz CT molecular complexity index is 508. The standard InChI is InChI=1S/C15H23N3O/c1-5-6-15(16-4)13-7-8-18(9-13)10-14-11(2)17-19-12(14)3/h7-9,15-16H,5-6,10H2,1-4H3. The van der Waals surface area contributed by atoms with Gasteiger partial charge >= 0.3 is 0 Å². The van der Waals surface area contributed by atoms with Crippen LogP contribution in [0.2, 0.25) is 0 Å². The Hall–Kier alpha value is -1.55. The molecule has 0 amide bonds. The van der Waals surface area contributed by atoms with Gasteiger partial charge in [-0.3, -0.25) is 0 Å². The Morgan fingerprint density at radius 2 is 2.21 bits per heavy atom. The molecule has 1 unspecified atom stereocenters. The summed E-state index contributed by atoms with van der Waals surface area (Å²) >= 11 is 0. The van der Waals surface area contributed by atoms with E-state index in [-0.39, 0.29) is 0 Å². The summed E-state index contributed by atoms with van der Waals surface area (Å²) in [4.78, 5) is 0. The lowest BCUT2D eigenvalue weighted by molar-refractivity contribution is 0.392. The van der Waals surface area contributed by atoms with Gasteiger partial charge in [0.2, 0.25) is 0 Å². The molecule has 2 rings (SSSR count). The molecule has 0 radical (unpaired) electrons. The zero-order valence-corrected chi connectivity index (χ0v) is 12.2. The molecule has 0 aliphatic carbocycles. The zero-order valence-electron chi connectivity index (χ0n) is 12.2. The molecule has 104 valence electrons. The molecule has 2 aromatic rings. The number of hydrogen-bond acceptors (Lipinski definition) is 3. The molecule has 0 fully saturated rings. The van der Waals surface area contributed by atoms with Crippen LogP contribution in [0.4, 0.5) is 0 Å². The van der Waals surface area contributed by atoms with Crippen LogP contribution in [0.5, 0.6) is 0 Å². The lowest BCUT2D eigenvalue weighted by Crippen LogP contribution is -2.15. The molecule has 2 aromatic heterocycles. The molecule has 0 saturated heterocycles. The molecule has 2 heterocycles. The van der Waals surface area contributed by atoms with Crippen LogP contribution in [0.1, 0.15) is 48.4 Å². The second kappa shape index (κ2) is 6.06. The maximum Gasteiger partial charge on any atom is 0.138 e. The molecule has 0 aromatic carbocycles. The predicted molar refractivity (Wildman–Crippen MR) is 76.2 cm³/mol. The summed E-state index contributed by atoms with van der Waals surface area (Å²) in [6, 6.07) is 2.63. The number of rotatable bonds is 6. The van der Waals surface area contributed by atoms with Gasteiger partial charge in [0, 0.05) is 24.0 Å². The fourth-order valence-electron chi connectivity index (χ4n) is 2.44. The van der Waals surface area contributed by atoms with Crippen LogP contribution in [-0.2, 0) is 6.54 Å². The minimum atomic E-state index is 0.441. The molecule has 4 heteroatoms. The first kappa shape index (κ1) is 13.9. The summed E-state index contributed by atoms with van der Waals surface area (Å²) in [6.07, 6.45) is 6.68. The van der Waals surface area contributed by atoms with E-state index >= 15 is 0 Å². The van der Waals surface area contributed by atoms with Crippen molar-refractivity contribution < 1.29 is 4.52 Å². The summed E-state index contributed by atoms with van der Waals surface area (Å²) in [5.74, 6) is 0.909. The quantitative estimate of drug-likeness (QED) is 0.868. The van der Waals surface area contributed by atoms with Crippen molar-refractivity contribution >= 4 is 0 Å². The molecule has 0 saturated carbocycles. The third-order valence-corrected chi connectivity index (χ3v) is 3.62. The first-order chi connectivity index (χ1) is 9.15. The predicted octanol–water partition coefficient (Wildman–Crippen LogP) is 3.20. The number of nitrogens with one attached hydrogen (secondary N) is 1. The van der Waals surface area contributed by atoms with Gasteiger partial charge in [-0.1, -0.05) is 18.5 Å². The van der Waals surface area contributed by atoms with Crippen LogP contribution in [0.25, 0.3) is 0 Å². The molecular weight excluding hydrogens is 238 g/mol. The maximum atomic E-state index is 5.21. The first-order valence-electron chi connectivity index (χ1n) is 6.90. The van der Waals surface area contributed by atoms with E-state index in [0.717, 1.165) is 24.4 Å². The van der Waals surface area contributed by atoms with Crippen LogP contribution in [0, 0.1) is 13.8 Å². The molecule has 1 N–H and O–H groups in total. The van der Waals surface area contributed by atoms with Gasteiger partial charge in [-0.05, 0) is 38.9 Å². The van der Waals surface area contributed by atoms with Crippen LogP contribution < -0.4 is 5.32 Å². The summed E-state index contributed by atoms with van der Waals surface area (Å²) in [5, 5.41) is 7.37. The Kier molecular flexibility index (Phi) is 4.43. The maximum absolute atomic E-state index is 5.21. The highest BCUT2D eigenvalue weighted by Crippen LogP contribution is 2.20. The number of nitrogens with zero attached hydrogens (tertiary/aromatic N) is 2. The van der Waals surface area contributed by atoms with Gasteiger partial charge in [-0.2, -0.15) is 0 Å². The van der Waals surface area contributed by atoms with E-state index < -0.39 is 0 Å². The van der Waals surface area contributed by atoms with Crippen molar-refractivity contribution in [3.63, 3.8) is 0 Å². The van der Waals surface area contributed by atoms with Gasteiger partial charge in [-0.15, -0.1) is 0 Å². The molecule has 19 heavy (non-hydrogen) atoms. The van der Waals surface area contributed by atoms with E-state index in [9.17, 15) is 0 Å². The first-order valence-corrected chi connectivity index (χ1v) is 6.90. The summed E-state index contributed by atoms with van der Waals surface area (Å²) in [5.41, 5.74) is 3.50. The summed E-state index contributed by atoms with van der Waals surface area (Å²) in [6.45, 7) is 6.99. The van der Waals surface area contributed by atoms with Crippen molar-refractivity contribution in [2.75, 3.05) is 7.05 Å². The van der Waals surface area contributed by atoms with Crippen molar-refractivity contribution in [1.82, 2.24) is 15.0 Å². The molecule has 0 spiro atoms. The van der Waals surface area contributed by atoms with Crippen molar-refractivity contribution in [3.8, 4) is 0 Å². The van der Waals surface area contributed by atoms with E-state index in [1.54, 1.807) is 0 Å². The fourth-order valence-corrected chi connectivity index (χ4v) is 2.44. The van der Waals surface area contributed by atoms with E-state index in [1.165, 1.54) is 17.5 Å². The second-order valence-electron chi connectivity index (χ2n) is 5.05. The Morgan fingerprint density at radius 3 is 2.79 bits per heavy atom. The average molecular weight is 261 g/mol. The summed E-state index contributed by atoms with van der Waals surface area (Å²) < 4.78 is 7.40. The van der Waals surface area contributed by atoms with Gasteiger partial charge < -0.3 is 14.4 Å². The average Bonchev–Trinajstić information content (AvgIpc) is 2.98. The van der Waals surface area contributed by atoms with Gasteiger partial charge in [-0.25, -0.2) is 0 Å². The molecule has 0 aliphatic rings. The van der Waals surface area contributed by atoms with Gasteiger partial charge in [0.05, 0.1) is 12.2 Å². The van der Waals surface area contributed by atoms with Crippen LogP contribution in [0.15, 0.2) is 23.0 Å². The highest BCUT2D eigenvalue weighted by molar-refractivity contribution is 5.23. The largest absolute Gasteiger partial charge is 0.361 e. The van der Waals surface area contributed by atoms with E-state index in [4.69, 9.17) is 4.52 Å². The van der Waals surface area contributed by atoms with Gasteiger partial charge in [0.25, 0.3) is 0 Å². The van der Waals surface area contributed by atoms with Crippen molar-refractivity contribution in [1.29, 1.82) is 0 Å². The Labute approximate surface area is 114 Å². The van der Waals surface area contributed by atoms with Crippen LogP contribution >= 0.6 is 0 Å². The molecular formula is C15H23N3O. The van der Waals surface area contributed by atoms with Crippen molar-refractivity contribution in [2.24, 2.45) is 0 Å². The molecule has 4 nitrogen and oxygen atoms in total.